The molecule has 0 amide bonds. The molecule has 4 rings (SSSR count). The number of rotatable bonds is 6. The Balaban J connectivity index is 1.74. The van der Waals surface area contributed by atoms with Crippen LogP contribution in [-0.4, -0.2) is 29.0 Å². The van der Waals surface area contributed by atoms with Crippen LogP contribution in [0.2, 0.25) is 0 Å². The van der Waals surface area contributed by atoms with Crippen molar-refractivity contribution in [2.24, 2.45) is 5.10 Å². The van der Waals surface area contributed by atoms with Gasteiger partial charge in [-0.05, 0) is 44.9 Å². The Morgan fingerprint density at radius 3 is 2.66 bits per heavy atom. The minimum atomic E-state index is -0.122. The molecule has 0 unspecified atom stereocenters. The third-order valence-corrected chi connectivity index (χ3v) is 5.74. The zero-order chi connectivity index (χ0) is 20.2. The normalized spacial score (nSPS) is 15.4. The molecule has 0 bridgehead atoms. The molecule has 2 heterocycles. The number of furan rings is 1. The molecule has 0 radical (unpaired) electrons. The maximum atomic E-state index is 13.2. The van der Waals surface area contributed by atoms with E-state index in [4.69, 9.17) is 9.40 Å². The lowest BCUT2D eigenvalue weighted by atomic mass is 9.88. The molecule has 0 aliphatic heterocycles. The van der Waals surface area contributed by atoms with E-state index < -0.39 is 0 Å². The fourth-order valence-corrected chi connectivity index (χ4v) is 4.11. The number of anilines is 1. The molecule has 0 saturated heterocycles. The largest absolute Gasteiger partial charge is 0.440 e. The predicted molar refractivity (Wildman–Crippen MR) is 117 cm³/mol. The van der Waals surface area contributed by atoms with Crippen LogP contribution in [-0.2, 0) is 0 Å². The lowest BCUT2D eigenvalue weighted by molar-refractivity contribution is 0.416. The molecule has 1 aromatic carbocycles. The van der Waals surface area contributed by atoms with Crippen molar-refractivity contribution in [3.8, 4) is 0 Å². The summed E-state index contributed by atoms with van der Waals surface area (Å²) in [6.45, 7) is 5.94. The van der Waals surface area contributed by atoms with Gasteiger partial charge in [0.25, 0.3) is 5.56 Å². The van der Waals surface area contributed by atoms with E-state index in [-0.39, 0.29) is 11.5 Å². The summed E-state index contributed by atoms with van der Waals surface area (Å²) < 4.78 is 7.39. The van der Waals surface area contributed by atoms with Gasteiger partial charge >= 0.3 is 0 Å². The van der Waals surface area contributed by atoms with Crippen LogP contribution in [0, 0.1) is 0 Å². The van der Waals surface area contributed by atoms with E-state index in [1.165, 1.54) is 23.9 Å². The zero-order valence-corrected chi connectivity index (χ0v) is 17.2. The van der Waals surface area contributed by atoms with Crippen molar-refractivity contribution in [2.45, 2.75) is 51.9 Å². The van der Waals surface area contributed by atoms with Crippen molar-refractivity contribution in [1.29, 1.82) is 0 Å². The van der Waals surface area contributed by atoms with Gasteiger partial charge in [-0.2, -0.15) is 9.78 Å². The van der Waals surface area contributed by atoms with Crippen molar-refractivity contribution in [2.75, 3.05) is 18.0 Å². The first-order chi connectivity index (χ1) is 14.2. The molecule has 1 saturated carbocycles. The Morgan fingerprint density at radius 2 is 1.90 bits per heavy atom. The van der Waals surface area contributed by atoms with Crippen LogP contribution in [0.15, 0.2) is 50.7 Å². The van der Waals surface area contributed by atoms with Crippen LogP contribution in [0.3, 0.4) is 0 Å². The molecule has 1 fully saturated rings. The van der Waals surface area contributed by atoms with Crippen molar-refractivity contribution in [3.63, 3.8) is 0 Å². The average Bonchev–Trinajstić information content (AvgIpc) is 3.23. The van der Waals surface area contributed by atoms with E-state index in [2.05, 4.69) is 23.8 Å². The van der Waals surface area contributed by atoms with E-state index >= 15 is 0 Å². The highest BCUT2D eigenvalue weighted by atomic mass is 16.4. The minimum Gasteiger partial charge on any atom is -0.440 e. The quantitative estimate of drug-likeness (QED) is 0.567. The van der Waals surface area contributed by atoms with E-state index in [1.54, 1.807) is 6.21 Å². The topological polar surface area (TPSA) is 63.6 Å². The maximum absolute atomic E-state index is 13.2. The first kappa shape index (κ1) is 19.4. The second-order valence-corrected chi connectivity index (χ2v) is 7.53. The molecule has 0 N–H and O–H groups in total. The molecule has 29 heavy (non-hydrogen) atoms. The SMILES string of the molecule is CCN(CC)c1ccc(C=Nn2c(C3CCCCC3)nc3ccccc3c2=O)o1. The molecule has 6 heteroatoms. The second kappa shape index (κ2) is 8.64. The maximum Gasteiger partial charge on any atom is 0.282 e. The third-order valence-electron chi connectivity index (χ3n) is 5.74. The standard InChI is InChI=1S/C23H28N4O2/c1-3-26(4-2)21-15-14-18(29-21)16-24-27-22(17-10-6-5-7-11-17)25-20-13-9-8-12-19(20)23(27)28/h8-9,12-17H,3-7,10-11H2,1-2H3. The molecular formula is C23H28N4O2. The summed E-state index contributed by atoms with van der Waals surface area (Å²) in [5.41, 5.74) is 0.620. The number of para-hydroxylation sites is 1. The monoisotopic (exact) mass is 392 g/mol. The molecule has 1 aliphatic rings. The number of benzene rings is 1. The van der Waals surface area contributed by atoms with Gasteiger partial charge in [0, 0.05) is 25.1 Å². The highest BCUT2D eigenvalue weighted by Gasteiger charge is 2.22. The van der Waals surface area contributed by atoms with Crippen LogP contribution in [0.4, 0.5) is 5.88 Å². The molecule has 2 aromatic heterocycles. The smallest absolute Gasteiger partial charge is 0.282 e. The molecular weight excluding hydrogens is 364 g/mol. The van der Waals surface area contributed by atoms with Crippen LogP contribution >= 0.6 is 0 Å². The minimum absolute atomic E-state index is 0.122. The average molecular weight is 393 g/mol. The van der Waals surface area contributed by atoms with Gasteiger partial charge in [0.05, 0.1) is 17.1 Å². The molecule has 0 atom stereocenters. The predicted octanol–water partition coefficient (Wildman–Crippen LogP) is 4.77. The highest BCUT2D eigenvalue weighted by Crippen LogP contribution is 2.31. The third kappa shape index (κ3) is 3.97. The van der Waals surface area contributed by atoms with Gasteiger partial charge in [-0.1, -0.05) is 31.4 Å². The number of nitrogens with zero attached hydrogens (tertiary/aromatic N) is 4. The van der Waals surface area contributed by atoms with Crippen LogP contribution in [0.5, 0.6) is 0 Å². The lowest BCUT2D eigenvalue weighted by Crippen LogP contribution is -2.25. The first-order valence-electron chi connectivity index (χ1n) is 10.6. The summed E-state index contributed by atoms with van der Waals surface area (Å²) in [4.78, 5) is 20.2. The van der Waals surface area contributed by atoms with Gasteiger partial charge in [-0.3, -0.25) is 4.79 Å². The van der Waals surface area contributed by atoms with E-state index in [9.17, 15) is 4.79 Å². The van der Waals surface area contributed by atoms with E-state index in [1.807, 2.05) is 36.4 Å². The van der Waals surface area contributed by atoms with E-state index in [0.29, 0.717) is 11.1 Å². The Labute approximate surface area is 170 Å². The second-order valence-electron chi connectivity index (χ2n) is 7.53. The highest BCUT2D eigenvalue weighted by molar-refractivity contribution is 5.79. The van der Waals surface area contributed by atoms with E-state index in [0.717, 1.165) is 43.2 Å². The summed E-state index contributed by atoms with van der Waals surface area (Å²) in [5, 5.41) is 5.12. The molecule has 6 nitrogen and oxygen atoms in total. The number of hydrogen-bond donors (Lipinski definition) is 0. The Morgan fingerprint density at radius 1 is 1.14 bits per heavy atom. The summed E-state index contributed by atoms with van der Waals surface area (Å²) in [7, 11) is 0. The first-order valence-corrected chi connectivity index (χ1v) is 10.6. The fourth-order valence-electron chi connectivity index (χ4n) is 4.11. The van der Waals surface area contributed by atoms with Gasteiger partial charge in [-0.15, -0.1) is 0 Å². The summed E-state index contributed by atoms with van der Waals surface area (Å²) in [6.07, 6.45) is 7.31. The summed E-state index contributed by atoms with van der Waals surface area (Å²) >= 11 is 0. The van der Waals surface area contributed by atoms with Gasteiger partial charge in [0.15, 0.2) is 5.88 Å². The van der Waals surface area contributed by atoms with Crippen molar-refractivity contribution < 1.29 is 4.42 Å². The van der Waals surface area contributed by atoms with Gasteiger partial charge in [-0.25, -0.2) is 4.98 Å². The van der Waals surface area contributed by atoms with Crippen LogP contribution in [0.25, 0.3) is 10.9 Å². The number of hydrogen-bond acceptors (Lipinski definition) is 5. The molecule has 0 spiro atoms. The summed E-state index contributed by atoms with van der Waals surface area (Å²) in [5.74, 6) is 2.47. The van der Waals surface area contributed by atoms with Crippen LogP contribution in [0.1, 0.15) is 63.5 Å². The van der Waals surface area contributed by atoms with Crippen molar-refractivity contribution in [1.82, 2.24) is 9.66 Å². The van der Waals surface area contributed by atoms with Crippen LogP contribution < -0.4 is 10.5 Å². The number of aromatic nitrogens is 2. The molecule has 3 aromatic rings. The van der Waals surface area contributed by atoms with Crippen molar-refractivity contribution >= 4 is 23.0 Å². The van der Waals surface area contributed by atoms with Gasteiger partial charge in [0.2, 0.25) is 0 Å². The Hall–Kier alpha value is -2.89. The number of fused-ring (bicyclic) bond motifs is 1. The van der Waals surface area contributed by atoms with Crippen molar-refractivity contribution in [3.05, 3.63) is 58.3 Å². The Bertz CT molecular complexity index is 1060. The zero-order valence-electron chi connectivity index (χ0n) is 17.2. The molecule has 152 valence electrons. The lowest BCUT2D eigenvalue weighted by Gasteiger charge is -2.22. The van der Waals surface area contributed by atoms with Gasteiger partial charge in [0.1, 0.15) is 11.6 Å². The Kier molecular flexibility index (Phi) is 5.79. The fraction of sp³-hybridized carbons (Fsp3) is 0.435. The molecule has 1 aliphatic carbocycles. The van der Waals surface area contributed by atoms with Gasteiger partial charge < -0.3 is 9.32 Å². The summed E-state index contributed by atoms with van der Waals surface area (Å²) in [6, 6.07) is 11.3.